The summed E-state index contributed by atoms with van der Waals surface area (Å²) in [7, 11) is 0. The topological polar surface area (TPSA) is 43.4 Å². The highest BCUT2D eigenvalue weighted by atomic mass is 16.5. The molecule has 0 N–H and O–H groups in total. The van der Waals surface area contributed by atoms with Crippen LogP contribution in [0.1, 0.15) is 81.1 Å². The summed E-state index contributed by atoms with van der Waals surface area (Å²) in [4.78, 5) is 24.5. The first-order valence-corrected chi connectivity index (χ1v) is 9.66. The molecule has 0 spiro atoms. The minimum atomic E-state index is -0.223. The number of Topliss-reactive ketones (excluding diaryl/α,β-unsaturated/α-hetero) is 1. The van der Waals surface area contributed by atoms with E-state index in [9.17, 15) is 9.59 Å². The fourth-order valence-corrected chi connectivity index (χ4v) is 5.53. The van der Waals surface area contributed by atoms with Gasteiger partial charge in [0.15, 0.2) is 0 Å². The first kappa shape index (κ1) is 16.8. The fourth-order valence-electron chi connectivity index (χ4n) is 5.53. The third kappa shape index (κ3) is 2.46. The van der Waals surface area contributed by atoms with Crippen LogP contribution in [0.3, 0.4) is 0 Å². The Balaban J connectivity index is 1.46. The van der Waals surface area contributed by atoms with Crippen LogP contribution in [0.2, 0.25) is 0 Å². The van der Waals surface area contributed by atoms with Crippen LogP contribution in [0.4, 0.5) is 0 Å². The summed E-state index contributed by atoms with van der Waals surface area (Å²) < 4.78 is 5.95. The van der Waals surface area contributed by atoms with Crippen molar-refractivity contribution in [1.29, 1.82) is 0 Å². The van der Waals surface area contributed by atoms with Crippen molar-refractivity contribution in [2.75, 3.05) is 0 Å². The minimum absolute atomic E-state index is 0.0184. The zero-order valence-corrected chi connectivity index (χ0v) is 15.5. The number of esters is 1. The lowest BCUT2D eigenvalue weighted by molar-refractivity contribution is -0.118. The van der Waals surface area contributed by atoms with Crippen molar-refractivity contribution >= 4 is 11.8 Å². The Morgan fingerprint density at radius 3 is 2.36 bits per heavy atom. The number of carbonyl (C=O) groups is 2. The van der Waals surface area contributed by atoms with Crippen molar-refractivity contribution in [1.82, 2.24) is 0 Å². The third-order valence-electron chi connectivity index (χ3n) is 7.82. The molecule has 1 aromatic rings. The monoisotopic (exact) mass is 340 g/mol. The molecule has 3 aliphatic carbocycles. The Hall–Kier alpha value is -1.64. The molecule has 4 rings (SSSR count). The largest absolute Gasteiger partial charge is 0.458 e. The van der Waals surface area contributed by atoms with E-state index in [2.05, 4.69) is 20.8 Å². The highest BCUT2D eigenvalue weighted by Gasteiger charge is 2.62. The van der Waals surface area contributed by atoms with E-state index in [-0.39, 0.29) is 28.8 Å². The summed E-state index contributed by atoms with van der Waals surface area (Å²) in [6, 6.07) is 7.50. The summed E-state index contributed by atoms with van der Waals surface area (Å²) in [6.45, 7) is 6.94. The summed E-state index contributed by atoms with van der Waals surface area (Å²) >= 11 is 0. The molecule has 3 nitrogen and oxygen atoms in total. The molecule has 1 aromatic carbocycles. The molecule has 4 atom stereocenters. The first-order valence-electron chi connectivity index (χ1n) is 9.66. The molecule has 3 heteroatoms. The van der Waals surface area contributed by atoms with E-state index in [1.54, 1.807) is 0 Å². The molecule has 3 aliphatic rings. The molecule has 0 saturated heterocycles. The van der Waals surface area contributed by atoms with Crippen LogP contribution in [-0.4, -0.2) is 17.9 Å². The Morgan fingerprint density at radius 2 is 1.84 bits per heavy atom. The van der Waals surface area contributed by atoms with Crippen LogP contribution >= 0.6 is 0 Å². The Kier molecular flexibility index (Phi) is 3.82. The number of rotatable bonds is 3. The van der Waals surface area contributed by atoms with Crippen molar-refractivity contribution in [3.8, 4) is 0 Å². The Bertz CT molecular complexity index is 702. The number of fused-ring (bicyclic) bond motifs is 2. The summed E-state index contributed by atoms with van der Waals surface area (Å²) in [5, 5.41) is 0. The average molecular weight is 340 g/mol. The van der Waals surface area contributed by atoms with Crippen LogP contribution in [0.15, 0.2) is 24.3 Å². The van der Waals surface area contributed by atoms with Gasteiger partial charge < -0.3 is 4.74 Å². The number of ether oxygens (including phenoxy) is 1. The normalized spacial score (nSPS) is 36.0. The maximum Gasteiger partial charge on any atom is 0.338 e. The fraction of sp³-hybridized carbons (Fsp3) is 0.636. The van der Waals surface area contributed by atoms with Gasteiger partial charge in [-0.3, -0.25) is 4.79 Å². The maximum absolute atomic E-state index is 12.6. The molecule has 2 bridgehead atoms. The van der Waals surface area contributed by atoms with Crippen molar-refractivity contribution in [2.24, 2.45) is 16.7 Å². The summed E-state index contributed by atoms with van der Waals surface area (Å²) in [6.07, 6.45) is 6.00. The highest BCUT2D eigenvalue weighted by molar-refractivity contribution is 5.90. The standard InChI is InChI=1S/C22H28O3/c1-21(2)16-11-12-22(21,3)19(13-16)25-20(24)15-9-7-14(8-10-15)17-5-4-6-18(17)23/h7-10,16-17,19H,4-6,11-13H2,1-3H3. The smallest absolute Gasteiger partial charge is 0.338 e. The number of benzene rings is 1. The second-order valence-corrected chi connectivity index (χ2v) is 9.04. The molecule has 0 heterocycles. The van der Waals surface area contributed by atoms with Gasteiger partial charge in [-0.1, -0.05) is 32.9 Å². The van der Waals surface area contributed by atoms with Gasteiger partial charge in [0.25, 0.3) is 0 Å². The van der Waals surface area contributed by atoms with E-state index in [1.807, 2.05) is 24.3 Å². The van der Waals surface area contributed by atoms with Gasteiger partial charge in [-0.15, -0.1) is 0 Å². The van der Waals surface area contributed by atoms with E-state index in [0.717, 1.165) is 31.2 Å². The predicted molar refractivity (Wildman–Crippen MR) is 96.5 cm³/mol. The number of carbonyl (C=O) groups excluding carboxylic acids is 2. The van der Waals surface area contributed by atoms with E-state index in [0.29, 0.717) is 23.7 Å². The van der Waals surface area contributed by atoms with Crippen LogP contribution in [0.5, 0.6) is 0 Å². The zero-order valence-electron chi connectivity index (χ0n) is 15.5. The van der Waals surface area contributed by atoms with Crippen molar-refractivity contribution in [3.63, 3.8) is 0 Å². The van der Waals surface area contributed by atoms with Gasteiger partial charge in [0.2, 0.25) is 0 Å². The lowest BCUT2D eigenvalue weighted by Crippen LogP contribution is -2.38. The summed E-state index contributed by atoms with van der Waals surface area (Å²) in [5.41, 5.74) is 1.96. The van der Waals surface area contributed by atoms with Crippen LogP contribution in [0.25, 0.3) is 0 Å². The van der Waals surface area contributed by atoms with Gasteiger partial charge in [-0.2, -0.15) is 0 Å². The van der Waals surface area contributed by atoms with Crippen molar-refractivity contribution in [3.05, 3.63) is 35.4 Å². The Labute approximate surface area is 150 Å². The number of hydrogen-bond acceptors (Lipinski definition) is 3. The van der Waals surface area contributed by atoms with Gasteiger partial charge >= 0.3 is 5.97 Å². The van der Waals surface area contributed by atoms with Crippen LogP contribution in [0, 0.1) is 16.7 Å². The van der Waals surface area contributed by atoms with Gasteiger partial charge in [0, 0.05) is 17.8 Å². The number of ketones is 1. The van der Waals surface area contributed by atoms with E-state index in [4.69, 9.17) is 4.74 Å². The first-order chi connectivity index (χ1) is 11.8. The van der Waals surface area contributed by atoms with E-state index in [1.165, 1.54) is 6.42 Å². The quantitative estimate of drug-likeness (QED) is 0.735. The van der Waals surface area contributed by atoms with Crippen LogP contribution < -0.4 is 0 Å². The van der Waals surface area contributed by atoms with Gasteiger partial charge in [0.05, 0.1) is 5.56 Å². The second kappa shape index (κ2) is 5.69. The average Bonchev–Trinajstić information content (AvgIpc) is 3.16. The molecular weight excluding hydrogens is 312 g/mol. The molecule has 0 amide bonds. The lowest BCUT2D eigenvalue weighted by Gasteiger charge is -2.38. The minimum Gasteiger partial charge on any atom is -0.458 e. The Morgan fingerprint density at radius 1 is 1.12 bits per heavy atom. The molecular formula is C22H28O3. The van der Waals surface area contributed by atoms with Crippen LogP contribution in [-0.2, 0) is 9.53 Å². The molecule has 4 unspecified atom stereocenters. The van der Waals surface area contributed by atoms with Crippen molar-refractivity contribution < 1.29 is 14.3 Å². The molecule has 0 aliphatic heterocycles. The lowest BCUT2D eigenvalue weighted by atomic mass is 9.70. The van der Waals surface area contributed by atoms with Gasteiger partial charge in [-0.05, 0) is 61.1 Å². The maximum atomic E-state index is 12.6. The molecule has 3 saturated carbocycles. The molecule has 0 radical (unpaired) electrons. The third-order valence-corrected chi connectivity index (χ3v) is 7.82. The predicted octanol–water partition coefficient (Wildman–Crippen LogP) is 4.89. The molecule has 3 fully saturated rings. The van der Waals surface area contributed by atoms with E-state index < -0.39 is 0 Å². The molecule has 25 heavy (non-hydrogen) atoms. The van der Waals surface area contributed by atoms with Gasteiger partial charge in [-0.25, -0.2) is 4.79 Å². The number of hydrogen-bond donors (Lipinski definition) is 0. The van der Waals surface area contributed by atoms with Gasteiger partial charge in [0.1, 0.15) is 11.9 Å². The van der Waals surface area contributed by atoms with Crippen molar-refractivity contribution in [2.45, 2.75) is 71.3 Å². The zero-order chi connectivity index (χ0) is 17.8. The van der Waals surface area contributed by atoms with E-state index >= 15 is 0 Å². The highest BCUT2D eigenvalue weighted by Crippen LogP contribution is 2.66. The molecule has 0 aromatic heterocycles. The SMILES string of the molecule is CC1(C)C2CCC1(C)C(OC(=O)c1ccc(C3CCCC3=O)cc1)C2. The second-order valence-electron chi connectivity index (χ2n) is 9.04. The molecule has 134 valence electrons. The summed E-state index contributed by atoms with van der Waals surface area (Å²) in [5.74, 6) is 0.785.